The van der Waals surface area contributed by atoms with Crippen molar-refractivity contribution in [3.05, 3.63) is 78.4 Å². The number of hydrogen-bond acceptors (Lipinski definition) is 4. The van der Waals surface area contributed by atoms with Crippen LogP contribution in [0.2, 0.25) is 0 Å². The van der Waals surface area contributed by atoms with Crippen LogP contribution in [0.5, 0.6) is 5.88 Å². The van der Waals surface area contributed by atoms with Crippen molar-refractivity contribution in [1.82, 2.24) is 4.98 Å². The quantitative estimate of drug-likeness (QED) is 0.746. The zero-order valence-electron chi connectivity index (χ0n) is 12.1. The predicted molar refractivity (Wildman–Crippen MR) is 89.1 cm³/mol. The fraction of sp³-hybridized carbons (Fsp3) is 0.0556. The van der Waals surface area contributed by atoms with Gasteiger partial charge in [-0.05, 0) is 23.8 Å². The first kappa shape index (κ1) is 13.9. The predicted octanol–water partition coefficient (Wildman–Crippen LogP) is 3.99. The van der Waals surface area contributed by atoms with Crippen LogP contribution in [0.1, 0.15) is 5.56 Å². The third-order valence-corrected chi connectivity index (χ3v) is 3.17. The number of hydrogen-bond donors (Lipinski definition) is 2. The highest BCUT2D eigenvalue weighted by Gasteiger charge is 2.05. The molecule has 2 aromatic carbocycles. The van der Waals surface area contributed by atoms with Crippen LogP contribution in [0, 0.1) is 0 Å². The first-order chi connectivity index (χ1) is 10.8. The van der Waals surface area contributed by atoms with Crippen LogP contribution in [0.15, 0.2) is 72.8 Å². The second-order valence-electron chi connectivity index (χ2n) is 4.85. The molecule has 1 heterocycles. The van der Waals surface area contributed by atoms with Gasteiger partial charge < -0.3 is 15.8 Å². The third kappa shape index (κ3) is 3.55. The summed E-state index contributed by atoms with van der Waals surface area (Å²) in [6.45, 7) is 0.475. The van der Waals surface area contributed by atoms with Gasteiger partial charge in [0, 0.05) is 11.8 Å². The number of anilines is 3. The molecular formula is C18H17N3O. The molecule has 0 aliphatic heterocycles. The summed E-state index contributed by atoms with van der Waals surface area (Å²) < 4.78 is 5.72. The summed E-state index contributed by atoms with van der Waals surface area (Å²) in [5.41, 5.74) is 8.57. The van der Waals surface area contributed by atoms with E-state index in [4.69, 9.17) is 10.5 Å². The Morgan fingerprint density at radius 1 is 0.864 bits per heavy atom. The number of nitrogens with two attached hydrogens (primary N) is 1. The minimum atomic E-state index is 0.475. The molecule has 0 aliphatic rings. The Bertz CT molecular complexity index is 730. The van der Waals surface area contributed by atoms with E-state index in [1.165, 1.54) is 0 Å². The molecule has 0 unspecified atom stereocenters. The number of nitrogens with one attached hydrogen (secondary N) is 1. The lowest BCUT2D eigenvalue weighted by atomic mass is 10.2. The number of pyridine rings is 1. The molecular weight excluding hydrogens is 274 g/mol. The summed E-state index contributed by atoms with van der Waals surface area (Å²) in [5.74, 6) is 1.13. The molecule has 0 amide bonds. The Kier molecular flexibility index (Phi) is 4.20. The van der Waals surface area contributed by atoms with Crippen molar-refractivity contribution in [2.75, 3.05) is 11.1 Å². The average molecular weight is 291 g/mol. The molecule has 22 heavy (non-hydrogen) atoms. The van der Waals surface area contributed by atoms with Gasteiger partial charge in [-0.15, -0.1) is 0 Å². The third-order valence-electron chi connectivity index (χ3n) is 3.17. The Labute approximate surface area is 129 Å². The smallest absolute Gasteiger partial charge is 0.215 e. The van der Waals surface area contributed by atoms with Gasteiger partial charge in [0.2, 0.25) is 5.88 Å². The van der Waals surface area contributed by atoms with Crippen molar-refractivity contribution >= 4 is 17.2 Å². The molecule has 4 nitrogen and oxygen atoms in total. The second kappa shape index (κ2) is 6.63. The van der Waals surface area contributed by atoms with Crippen molar-refractivity contribution in [3.63, 3.8) is 0 Å². The number of nitrogen functional groups attached to an aromatic ring is 1. The fourth-order valence-corrected chi connectivity index (χ4v) is 2.02. The van der Waals surface area contributed by atoms with Crippen LogP contribution in [-0.2, 0) is 6.61 Å². The fourth-order valence-electron chi connectivity index (χ4n) is 2.02. The van der Waals surface area contributed by atoms with Gasteiger partial charge in [-0.1, -0.05) is 48.5 Å². The summed E-state index contributed by atoms with van der Waals surface area (Å²) in [5, 5.41) is 3.19. The van der Waals surface area contributed by atoms with Gasteiger partial charge in [-0.25, -0.2) is 0 Å². The molecule has 0 atom stereocenters. The maximum Gasteiger partial charge on any atom is 0.215 e. The lowest BCUT2D eigenvalue weighted by Crippen LogP contribution is -2.02. The number of aromatic nitrogens is 1. The van der Waals surface area contributed by atoms with Gasteiger partial charge in [0.15, 0.2) is 5.82 Å². The SMILES string of the molecule is Nc1ccc(OCc2ccccc2)nc1Nc1ccccc1. The standard InChI is InChI=1S/C18H17N3O/c19-16-11-12-17(22-13-14-7-3-1-4-8-14)21-18(16)20-15-9-5-2-6-10-15/h1-12H,13,19H2,(H,20,21). The van der Waals surface area contributed by atoms with Crippen molar-refractivity contribution in [3.8, 4) is 5.88 Å². The van der Waals surface area contributed by atoms with Crippen LogP contribution in [0.4, 0.5) is 17.2 Å². The first-order valence-electron chi connectivity index (χ1n) is 7.06. The van der Waals surface area contributed by atoms with E-state index in [-0.39, 0.29) is 0 Å². The van der Waals surface area contributed by atoms with E-state index >= 15 is 0 Å². The van der Waals surface area contributed by atoms with Gasteiger partial charge in [0.25, 0.3) is 0 Å². The summed E-state index contributed by atoms with van der Waals surface area (Å²) in [6.07, 6.45) is 0. The highest BCUT2D eigenvalue weighted by molar-refractivity contribution is 5.69. The number of para-hydroxylation sites is 1. The maximum atomic E-state index is 5.96. The van der Waals surface area contributed by atoms with Crippen LogP contribution in [0.3, 0.4) is 0 Å². The lowest BCUT2D eigenvalue weighted by Gasteiger charge is -2.11. The van der Waals surface area contributed by atoms with Crippen LogP contribution < -0.4 is 15.8 Å². The molecule has 0 bridgehead atoms. The van der Waals surface area contributed by atoms with Crippen molar-refractivity contribution in [2.24, 2.45) is 0 Å². The Balaban J connectivity index is 1.72. The summed E-state index contributed by atoms with van der Waals surface area (Å²) in [7, 11) is 0. The van der Waals surface area contributed by atoms with Gasteiger partial charge in [0.1, 0.15) is 6.61 Å². The number of benzene rings is 2. The van der Waals surface area contributed by atoms with Crippen LogP contribution in [0.25, 0.3) is 0 Å². The molecule has 3 rings (SSSR count). The van der Waals surface area contributed by atoms with Crippen molar-refractivity contribution < 1.29 is 4.74 Å². The highest BCUT2D eigenvalue weighted by Crippen LogP contribution is 2.24. The summed E-state index contributed by atoms with van der Waals surface area (Å²) in [6, 6.07) is 23.3. The van der Waals surface area contributed by atoms with Crippen molar-refractivity contribution in [1.29, 1.82) is 0 Å². The highest BCUT2D eigenvalue weighted by atomic mass is 16.5. The Morgan fingerprint density at radius 3 is 2.27 bits per heavy atom. The molecule has 0 fully saturated rings. The topological polar surface area (TPSA) is 60.2 Å². The zero-order valence-corrected chi connectivity index (χ0v) is 12.1. The van der Waals surface area contributed by atoms with E-state index in [1.54, 1.807) is 12.1 Å². The van der Waals surface area contributed by atoms with Gasteiger partial charge in [-0.3, -0.25) is 0 Å². The zero-order chi connectivity index (χ0) is 15.2. The van der Waals surface area contributed by atoms with Gasteiger partial charge in [0.05, 0.1) is 5.69 Å². The van der Waals surface area contributed by atoms with E-state index in [0.29, 0.717) is 24.0 Å². The minimum Gasteiger partial charge on any atom is -0.473 e. The Morgan fingerprint density at radius 2 is 1.55 bits per heavy atom. The molecule has 0 saturated carbocycles. The van der Waals surface area contributed by atoms with Crippen molar-refractivity contribution in [2.45, 2.75) is 6.61 Å². The van der Waals surface area contributed by atoms with E-state index in [2.05, 4.69) is 10.3 Å². The monoisotopic (exact) mass is 291 g/mol. The molecule has 1 aromatic heterocycles. The Hall–Kier alpha value is -3.01. The van der Waals surface area contributed by atoms with E-state index < -0.39 is 0 Å². The minimum absolute atomic E-state index is 0.475. The lowest BCUT2D eigenvalue weighted by molar-refractivity contribution is 0.294. The van der Waals surface area contributed by atoms with Gasteiger partial charge in [-0.2, -0.15) is 4.98 Å². The largest absolute Gasteiger partial charge is 0.473 e. The molecule has 110 valence electrons. The number of nitrogens with zero attached hydrogens (tertiary/aromatic N) is 1. The number of rotatable bonds is 5. The van der Waals surface area contributed by atoms with Crippen LogP contribution >= 0.6 is 0 Å². The average Bonchev–Trinajstić information content (AvgIpc) is 2.57. The molecule has 0 spiro atoms. The molecule has 0 radical (unpaired) electrons. The molecule has 4 heteroatoms. The van der Waals surface area contributed by atoms with Gasteiger partial charge >= 0.3 is 0 Å². The molecule has 3 N–H and O–H groups in total. The first-order valence-corrected chi connectivity index (χ1v) is 7.06. The summed E-state index contributed by atoms with van der Waals surface area (Å²) in [4.78, 5) is 4.42. The molecule has 0 saturated heterocycles. The summed E-state index contributed by atoms with van der Waals surface area (Å²) >= 11 is 0. The molecule has 3 aromatic rings. The van der Waals surface area contributed by atoms with E-state index in [0.717, 1.165) is 11.3 Å². The van der Waals surface area contributed by atoms with E-state index in [1.807, 2.05) is 60.7 Å². The maximum absolute atomic E-state index is 5.96. The normalized spacial score (nSPS) is 10.2. The van der Waals surface area contributed by atoms with Crippen LogP contribution in [-0.4, -0.2) is 4.98 Å². The van der Waals surface area contributed by atoms with E-state index in [9.17, 15) is 0 Å². The number of ether oxygens (including phenoxy) is 1. The second-order valence-corrected chi connectivity index (χ2v) is 4.85. The molecule has 0 aliphatic carbocycles.